The summed E-state index contributed by atoms with van der Waals surface area (Å²) < 4.78 is 47.7. The quantitative estimate of drug-likeness (QED) is 0.0106. The number of rotatable bonds is 30. The Bertz CT molecular complexity index is 4850. The number of alkyl halides is 1. The minimum atomic E-state index is -0.464. The predicted octanol–water partition coefficient (Wildman–Crippen LogP) is 9.85. The molecule has 10 aromatic rings. The third-order valence-electron chi connectivity index (χ3n) is 17.4. The van der Waals surface area contributed by atoms with Gasteiger partial charge in [0.25, 0.3) is 0 Å². The van der Waals surface area contributed by atoms with E-state index in [-0.39, 0.29) is 105 Å². The van der Waals surface area contributed by atoms with E-state index in [1.54, 1.807) is 225 Å². The molecule has 0 bridgehead atoms. The second-order valence-corrected chi connectivity index (χ2v) is 29.0. The molecular formula is C94H108Br3N3O19. The molecule has 634 valence electrons. The number of likely N-dealkylation sites (N-methyl/N-ethyl adjacent to an activating group) is 3. The van der Waals surface area contributed by atoms with Crippen LogP contribution in [-0.4, -0.2) is 194 Å². The van der Waals surface area contributed by atoms with Gasteiger partial charge in [-0.3, -0.25) is 38.4 Å². The fraction of sp³-hybridized carbons (Fsp3) is 0.277. The Balaban J connectivity index is 0.000000377. The molecule has 0 spiro atoms. The average Bonchev–Trinajstić information content (AvgIpc) is 0.828. The molecule has 0 aliphatic rings. The van der Waals surface area contributed by atoms with E-state index in [9.17, 15) is 48.6 Å². The standard InChI is InChI=1S/C22H28NO5.C20H25NO4.C16H13BrO3.C16H14O3.C14H12O2.C6H15NO2.2BrH/c1-16(24)28-20-12-11-17(14-23(2,3)15-21(26-4)27-5)13-19(20)22(25)18-9-7-6-8-10-18;1-21(2,14-19(24-3)25-4)13-15-10-11-18(22)17(12-15)20(23)16-8-6-5-7-9-16;1-11(18)20-15-8-7-12(10-17)9-14(15)16(19)13-5-3-2-4-6-13;1-11-8-9-15(19-12(2)17)14(10-11)16(18)13-6-4-3-5-7-13;1-10-7-8-13(15)12(9-10)14(16)11-5-3-2-4-6-11;1-7(2)5-6(8-3)9-4;;/h6-13,21H,14-15H2,1-5H3;5-12,19H,13-14H2,1-4H3;2-9H,10H2,1H3;3-10H,1-2H3;2-9,15H,1H3;6H,5H2,1-4H3;2*1H/q+1;;;;;;;/p-1. The van der Waals surface area contributed by atoms with E-state index >= 15 is 0 Å². The number of quaternary nitrogens is 2. The molecular weight excluding hydrogens is 1710 g/mol. The van der Waals surface area contributed by atoms with Crippen molar-refractivity contribution in [3.05, 3.63) is 326 Å². The van der Waals surface area contributed by atoms with Crippen molar-refractivity contribution in [3.8, 4) is 28.7 Å². The van der Waals surface area contributed by atoms with Crippen molar-refractivity contribution in [2.24, 2.45) is 0 Å². The molecule has 10 aromatic carbocycles. The minimum absolute atomic E-state index is 0. The minimum Gasteiger partial charge on any atom is -1.00 e. The van der Waals surface area contributed by atoms with Crippen LogP contribution >= 0.6 is 15.9 Å². The fourth-order valence-electron chi connectivity index (χ4n) is 11.6. The first-order valence-corrected chi connectivity index (χ1v) is 38.4. The van der Waals surface area contributed by atoms with Crippen LogP contribution in [0.2, 0.25) is 0 Å². The van der Waals surface area contributed by atoms with Crippen molar-refractivity contribution in [1.82, 2.24) is 4.90 Å². The van der Waals surface area contributed by atoms with Crippen LogP contribution in [0, 0.1) is 13.8 Å². The number of methoxy groups -OCH3 is 6. The number of phenolic OH excluding ortho intramolecular Hbond substituents is 2. The molecule has 0 aliphatic carbocycles. The molecule has 0 saturated carbocycles. The van der Waals surface area contributed by atoms with Crippen molar-refractivity contribution >= 4 is 62.8 Å². The molecule has 0 unspecified atom stereocenters. The average molecular weight is 1820 g/mol. The number of aryl methyl sites for hydroxylation is 2. The van der Waals surface area contributed by atoms with Gasteiger partial charge in [0.2, 0.25) is 12.6 Å². The largest absolute Gasteiger partial charge is 1.00 e. The summed E-state index contributed by atoms with van der Waals surface area (Å²) in [6.07, 6.45) is -0.710. The lowest BCUT2D eigenvalue weighted by molar-refractivity contribution is -0.909. The number of carbonyl (C=O) groups is 8. The molecule has 0 saturated heterocycles. The Morgan fingerprint density at radius 3 is 0.882 bits per heavy atom. The van der Waals surface area contributed by atoms with Gasteiger partial charge in [0.05, 0.1) is 56.0 Å². The van der Waals surface area contributed by atoms with E-state index in [1.807, 2.05) is 93.5 Å². The van der Waals surface area contributed by atoms with Crippen LogP contribution in [0.3, 0.4) is 0 Å². The summed E-state index contributed by atoms with van der Waals surface area (Å²) in [5, 5.41) is 20.4. The Labute approximate surface area is 728 Å². The Hall–Kier alpha value is -10.4. The fourth-order valence-corrected chi connectivity index (χ4v) is 12.0. The normalized spacial score (nSPS) is 10.7. The second-order valence-electron chi connectivity index (χ2n) is 28.4. The molecule has 25 heteroatoms. The monoisotopic (exact) mass is 1820 g/mol. The summed E-state index contributed by atoms with van der Waals surface area (Å²) in [6, 6.07) is 70.6. The molecule has 0 fully saturated rings. The second kappa shape index (κ2) is 52.5. The van der Waals surface area contributed by atoms with Crippen molar-refractivity contribution in [1.29, 1.82) is 0 Å². The molecule has 0 aliphatic heterocycles. The van der Waals surface area contributed by atoms with Gasteiger partial charge in [-0.1, -0.05) is 197 Å². The maximum absolute atomic E-state index is 13.0. The van der Waals surface area contributed by atoms with E-state index in [1.165, 1.54) is 20.8 Å². The topological polar surface area (TPSA) is 263 Å². The van der Waals surface area contributed by atoms with Crippen LogP contribution in [0.4, 0.5) is 0 Å². The highest BCUT2D eigenvalue weighted by molar-refractivity contribution is 9.08. The first kappa shape index (κ1) is 103. The Kier molecular flexibility index (Phi) is 45.4. The van der Waals surface area contributed by atoms with E-state index in [0.717, 1.165) is 34.4 Å². The van der Waals surface area contributed by atoms with E-state index in [0.29, 0.717) is 102 Å². The lowest BCUT2D eigenvalue weighted by atomic mass is 10.00. The van der Waals surface area contributed by atoms with E-state index in [2.05, 4.69) is 44.1 Å². The van der Waals surface area contributed by atoms with Crippen molar-refractivity contribution < 1.29 is 134 Å². The number of benzene rings is 10. The zero-order valence-electron chi connectivity index (χ0n) is 70.4. The maximum atomic E-state index is 13.0. The number of ketones is 5. The number of ether oxygens (including phenoxy) is 9. The van der Waals surface area contributed by atoms with Crippen LogP contribution < -0.4 is 48.2 Å². The van der Waals surface area contributed by atoms with Gasteiger partial charge in [-0.05, 0) is 106 Å². The molecule has 0 aromatic heterocycles. The molecule has 2 N–H and O–H groups in total. The van der Waals surface area contributed by atoms with Gasteiger partial charge in [-0.25, -0.2) is 0 Å². The number of esters is 3. The SMILES string of the molecule is CC(=O)Oc1ccc(C)cc1C(=O)c1ccccc1.CC(=O)Oc1ccc(CBr)cc1C(=O)c1ccccc1.COC(CN(C)C)OC.COC(C[N+](C)(C)Cc1ccc(O)c(C(=O)c2ccccc2)c1)OC.COC(C[N+](C)(C)Cc1ccc(OC(C)=O)c(C(=O)c2ccccc2)c1)OC.Cc1ccc(O)c(C(=O)c2ccccc2)c1.[Br-].[Br-]. The summed E-state index contributed by atoms with van der Waals surface area (Å²) in [4.78, 5) is 98.3. The number of phenols is 2. The molecule has 10 rings (SSSR count). The van der Waals surface area contributed by atoms with Gasteiger partial charge >= 0.3 is 17.9 Å². The summed E-state index contributed by atoms with van der Waals surface area (Å²) in [7, 11) is 21.9. The highest BCUT2D eigenvalue weighted by Gasteiger charge is 2.27. The van der Waals surface area contributed by atoms with Gasteiger partial charge in [-0.2, -0.15) is 0 Å². The molecule has 0 heterocycles. The van der Waals surface area contributed by atoms with Gasteiger partial charge in [0.15, 0.2) is 35.2 Å². The highest BCUT2D eigenvalue weighted by Crippen LogP contribution is 2.30. The third kappa shape index (κ3) is 35.2. The van der Waals surface area contributed by atoms with Crippen molar-refractivity contribution in [2.45, 2.75) is 71.9 Å². The maximum Gasteiger partial charge on any atom is 0.308 e. The first-order valence-electron chi connectivity index (χ1n) is 37.2. The van der Waals surface area contributed by atoms with Gasteiger partial charge < -0.3 is 101 Å². The number of aromatic hydroxyl groups is 2. The summed E-state index contributed by atoms with van der Waals surface area (Å²) in [5.41, 5.74) is 9.41. The Morgan fingerprint density at radius 1 is 0.345 bits per heavy atom. The zero-order valence-corrected chi connectivity index (χ0v) is 75.1. The van der Waals surface area contributed by atoms with Crippen LogP contribution in [0.15, 0.2) is 243 Å². The van der Waals surface area contributed by atoms with E-state index in [4.69, 9.17) is 42.6 Å². The highest BCUT2D eigenvalue weighted by atomic mass is 79.9. The third-order valence-corrected chi connectivity index (χ3v) is 18.0. The van der Waals surface area contributed by atoms with Crippen molar-refractivity contribution in [3.63, 3.8) is 0 Å². The Morgan fingerprint density at radius 2 is 0.588 bits per heavy atom. The van der Waals surface area contributed by atoms with Crippen LogP contribution in [0.1, 0.15) is 128 Å². The van der Waals surface area contributed by atoms with E-state index < -0.39 is 17.9 Å². The smallest absolute Gasteiger partial charge is 0.308 e. The lowest BCUT2D eigenvalue weighted by Gasteiger charge is -2.32. The summed E-state index contributed by atoms with van der Waals surface area (Å²) in [6.45, 7) is 11.2. The van der Waals surface area contributed by atoms with Crippen LogP contribution in [0.5, 0.6) is 28.7 Å². The number of hydrogen-bond acceptors (Lipinski definition) is 20. The number of halogens is 3. The predicted molar refractivity (Wildman–Crippen MR) is 454 cm³/mol. The van der Waals surface area contributed by atoms with Crippen LogP contribution in [-0.2, 0) is 61.2 Å². The number of nitrogens with zero attached hydrogens (tertiary/aromatic N) is 3. The van der Waals surface area contributed by atoms with Gasteiger partial charge in [0.1, 0.15) is 54.9 Å². The number of hydrogen-bond donors (Lipinski definition) is 2. The molecule has 119 heavy (non-hydrogen) atoms. The molecule has 0 radical (unpaired) electrons. The van der Waals surface area contributed by atoms with Gasteiger partial charge in [0, 0.05) is 114 Å². The van der Waals surface area contributed by atoms with Gasteiger partial charge in [-0.15, -0.1) is 0 Å². The first-order chi connectivity index (χ1) is 55.7. The molecule has 22 nitrogen and oxygen atoms in total. The molecule has 0 atom stereocenters. The van der Waals surface area contributed by atoms with Crippen molar-refractivity contribution in [2.75, 3.05) is 105 Å². The summed E-state index contributed by atoms with van der Waals surface area (Å²) in [5.74, 6) is -1.31. The van der Waals surface area contributed by atoms with Crippen LogP contribution in [0.25, 0.3) is 0 Å². The zero-order chi connectivity index (χ0) is 86.4. The number of carbonyl (C=O) groups excluding carboxylic acids is 8. The molecule has 0 amide bonds. The lowest BCUT2D eigenvalue weighted by Crippen LogP contribution is -3.00. The summed E-state index contributed by atoms with van der Waals surface area (Å²) >= 11 is 3.35.